The van der Waals surface area contributed by atoms with E-state index in [1.165, 1.54) is 0 Å². The summed E-state index contributed by atoms with van der Waals surface area (Å²) in [5, 5.41) is 3.91. The first kappa shape index (κ1) is 25.0. The molecule has 0 amide bonds. The van der Waals surface area contributed by atoms with Gasteiger partial charge in [-0.1, -0.05) is 48.0 Å². The summed E-state index contributed by atoms with van der Waals surface area (Å²) in [5.41, 5.74) is 1.78. The fraction of sp³-hybridized carbons (Fsp3) is 0.233. The number of hydrogen-bond donors (Lipinski definition) is 1. The average Bonchev–Trinajstić information content (AvgIpc) is 3.12. The van der Waals surface area contributed by atoms with Crippen molar-refractivity contribution in [2.24, 2.45) is 0 Å². The van der Waals surface area contributed by atoms with Crippen molar-refractivity contribution in [3.63, 3.8) is 0 Å². The molecule has 0 bridgehead atoms. The third-order valence-corrected chi connectivity index (χ3v) is 7.48. The maximum absolute atomic E-state index is 13.2. The second-order valence-electron chi connectivity index (χ2n) is 9.52. The molecule has 39 heavy (non-hydrogen) atoms. The zero-order valence-electron chi connectivity index (χ0n) is 21.2. The molecule has 2 aliphatic rings. The summed E-state index contributed by atoms with van der Waals surface area (Å²) in [7, 11) is 0. The van der Waals surface area contributed by atoms with Crippen LogP contribution in [0.15, 0.2) is 82.4 Å². The molecule has 1 fully saturated rings. The molecule has 0 radical (unpaired) electrons. The van der Waals surface area contributed by atoms with Gasteiger partial charge in [-0.05, 0) is 43.3 Å². The van der Waals surface area contributed by atoms with E-state index in [0.717, 1.165) is 11.3 Å². The molecular weight excluding hydrogens is 518 g/mol. The van der Waals surface area contributed by atoms with E-state index >= 15 is 0 Å². The molecular formula is C30H26ClN3O5. The number of hydrogen-bond acceptors (Lipinski definition) is 8. The van der Waals surface area contributed by atoms with Crippen LogP contribution in [0.25, 0.3) is 0 Å². The first-order chi connectivity index (χ1) is 19.0. The number of benzene rings is 3. The summed E-state index contributed by atoms with van der Waals surface area (Å²) in [5.74, 6) is 0.767. The van der Waals surface area contributed by atoms with Gasteiger partial charge < -0.3 is 24.6 Å². The minimum atomic E-state index is -0.644. The van der Waals surface area contributed by atoms with Gasteiger partial charge in [-0.3, -0.25) is 9.59 Å². The number of fused-ring (bicyclic) bond motifs is 2. The van der Waals surface area contributed by atoms with Gasteiger partial charge in [-0.2, -0.15) is 0 Å². The summed E-state index contributed by atoms with van der Waals surface area (Å²) in [4.78, 5) is 43.2. The van der Waals surface area contributed by atoms with Gasteiger partial charge in [0.05, 0.1) is 29.6 Å². The standard InChI is InChI=1S/C30H26ClN3O5/c1-2-38-30(37)22-17-33(14-15-34(22)19-8-4-3-5-9-19)27-25(28(35)29(27)36)26-20-10-6-7-11-23(20)39-24-13-12-18(31)16-21(24)32-26/h3-13,16,22,26,32H,2,14-15,17H2,1H3. The molecule has 1 saturated heterocycles. The van der Waals surface area contributed by atoms with Gasteiger partial charge in [0.15, 0.2) is 5.75 Å². The van der Waals surface area contributed by atoms with Crippen molar-refractivity contribution < 1.29 is 14.3 Å². The Morgan fingerprint density at radius 1 is 1.00 bits per heavy atom. The van der Waals surface area contributed by atoms with Gasteiger partial charge in [0.25, 0.3) is 0 Å². The molecule has 8 nitrogen and oxygen atoms in total. The monoisotopic (exact) mass is 543 g/mol. The molecule has 4 aromatic rings. The molecule has 0 aliphatic carbocycles. The smallest absolute Gasteiger partial charge is 0.330 e. The van der Waals surface area contributed by atoms with Crippen molar-refractivity contribution in [3.05, 3.63) is 109 Å². The van der Waals surface area contributed by atoms with Gasteiger partial charge in [-0.15, -0.1) is 0 Å². The lowest BCUT2D eigenvalue weighted by molar-refractivity contribution is -0.144. The van der Waals surface area contributed by atoms with Crippen LogP contribution in [-0.2, 0) is 9.53 Å². The van der Waals surface area contributed by atoms with E-state index in [1.807, 2.05) is 64.4 Å². The molecule has 2 atom stereocenters. The highest BCUT2D eigenvalue weighted by Crippen LogP contribution is 2.44. The quantitative estimate of drug-likeness (QED) is 0.291. The predicted octanol–water partition coefficient (Wildman–Crippen LogP) is 4.50. The number of carbonyl (C=O) groups excluding carboxylic acids is 1. The van der Waals surface area contributed by atoms with Crippen LogP contribution in [0.2, 0.25) is 5.02 Å². The van der Waals surface area contributed by atoms with Crippen molar-refractivity contribution in [2.75, 3.05) is 41.4 Å². The number of anilines is 3. The van der Waals surface area contributed by atoms with Gasteiger partial charge in [0.1, 0.15) is 11.8 Å². The lowest BCUT2D eigenvalue weighted by Crippen LogP contribution is -2.60. The molecule has 2 aliphatic heterocycles. The van der Waals surface area contributed by atoms with Gasteiger partial charge in [0.2, 0.25) is 10.9 Å². The minimum absolute atomic E-state index is 0.207. The summed E-state index contributed by atoms with van der Waals surface area (Å²) in [6.45, 7) is 3.15. The molecule has 6 rings (SSSR count). The second-order valence-corrected chi connectivity index (χ2v) is 9.96. The topological polar surface area (TPSA) is 88.2 Å². The number of carbonyl (C=O) groups is 1. The van der Waals surface area contributed by atoms with Crippen LogP contribution in [0.4, 0.5) is 17.1 Å². The number of esters is 1. The van der Waals surface area contributed by atoms with E-state index in [9.17, 15) is 14.4 Å². The van der Waals surface area contributed by atoms with Gasteiger partial charge >= 0.3 is 5.97 Å². The van der Waals surface area contributed by atoms with E-state index in [2.05, 4.69) is 5.32 Å². The Balaban J connectivity index is 1.39. The molecule has 4 aromatic carbocycles. The highest BCUT2D eigenvalue weighted by atomic mass is 35.5. The van der Waals surface area contributed by atoms with E-state index in [-0.39, 0.29) is 19.1 Å². The lowest BCUT2D eigenvalue weighted by Gasteiger charge is -2.43. The first-order valence-corrected chi connectivity index (χ1v) is 13.2. The molecule has 2 heterocycles. The van der Waals surface area contributed by atoms with Gasteiger partial charge in [-0.25, -0.2) is 4.79 Å². The maximum atomic E-state index is 13.2. The van der Waals surface area contributed by atoms with E-state index in [1.54, 1.807) is 25.1 Å². The van der Waals surface area contributed by atoms with Crippen LogP contribution >= 0.6 is 11.6 Å². The van der Waals surface area contributed by atoms with E-state index in [4.69, 9.17) is 21.1 Å². The summed E-state index contributed by atoms with van der Waals surface area (Å²) in [6, 6.07) is 21.0. The first-order valence-electron chi connectivity index (χ1n) is 12.9. The lowest BCUT2D eigenvalue weighted by atomic mass is 9.91. The molecule has 9 heteroatoms. The normalized spacial score (nSPS) is 18.4. The SMILES string of the molecule is CCOC(=O)C1CN(c2c(C3Nc4cc(Cl)ccc4Oc4ccccc43)c(=O)c2=O)CCN1c1ccccc1. The van der Waals surface area contributed by atoms with Crippen molar-refractivity contribution in [3.8, 4) is 11.5 Å². The number of nitrogens with one attached hydrogen (secondary N) is 1. The number of nitrogens with zero attached hydrogens (tertiary/aromatic N) is 2. The summed E-state index contributed by atoms with van der Waals surface area (Å²) in [6.07, 6.45) is 0. The Hall–Kier alpha value is -4.30. The van der Waals surface area contributed by atoms with Crippen LogP contribution in [0.3, 0.4) is 0 Å². The molecule has 0 aromatic heterocycles. The van der Waals surface area contributed by atoms with Crippen molar-refractivity contribution in [1.29, 1.82) is 0 Å². The Morgan fingerprint density at radius 2 is 1.77 bits per heavy atom. The summed E-state index contributed by atoms with van der Waals surface area (Å²) >= 11 is 6.27. The van der Waals surface area contributed by atoms with Crippen molar-refractivity contribution in [2.45, 2.75) is 19.0 Å². The van der Waals surface area contributed by atoms with Crippen LogP contribution < -0.4 is 30.7 Å². The van der Waals surface area contributed by atoms with Crippen LogP contribution in [-0.4, -0.2) is 38.3 Å². The van der Waals surface area contributed by atoms with E-state index < -0.39 is 22.9 Å². The number of rotatable bonds is 5. The number of para-hydroxylation sites is 2. The third kappa shape index (κ3) is 4.40. The van der Waals surface area contributed by atoms with Gasteiger partial charge in [0, 0.05) is 35.9 Å². The van der Waals surface area contributed by atoms with Crippen molar-refractivity contribution >= 4 is 34.6 Å². The Bertz CT molecular complexity index is 1620. The molecule has 1 N–H and O–H groups in total. The van der Waals surface area contributed by atoms with E-state index in [0.29, 0.717) is 46.5 Å². The second kappa shape index (κ2) is 10.1. The molecule has 2 unspecified atom stereocenters. The Morgan fingerprint density at radius 3 is 2.56 bits per heavy atom. The Kier molecular flexibility index (Phi) is 6.48. The zero-order chi connectivity index (χ0) is 27.1. The number of piperazine rings is 1. The van der Waals surface area contributed by atoms with Crippen LogP contribution in [0, 0.1) is 0 Å². The molecule has 0 saturated carbocycles. The maximum Gasteiger partial charge on any atom is 0.330 e. The third-order valence-electron chi connectivity index (χ3n) is 7.24. The largest absolute Gasteiger partial charge is 0.464 e. The Labute approximate surface area is 230 Å². The average molecular weight is 544 g/mol. The number of halogens is 1. The fourth-order valence-electron chi connectivity index (χ4n) is 5.43. The predicted molar refractivity (Wildman–Crippen MR) is 151 cm³/mol. The highest BCUT2D eigenvalue weighted by Gasteiger charge is 2.40. The highest BCUT2D eigenvalue weighted by molar-refractivity contribution is 6.31. The van der Waals surface area contributed by atoms with Crippen LogP contribution in [0.5, 0.6) is 11.5 Å². The molecule has 198 valence electrons. The minimum Gasteiger partial charge on any atom is -0.464 e. The fourth-order valence-corrected chi connectivity index (χ4v) is 5.60. The van der Waals surface area contributed by atoms with Crippen molar-refractivity contribution in [1.82, 2.24) is 0 Å². The molecule has 0 spiro atoms. The zero-order valence-corrected chi connectivity index (χ0v) is 22.0. The summed E-state index contributed by atoms with van der Waals surface area (Å²) < 4.78 is 11.6. The number of ether oxygens (including phenoxy) is 2. The van der Waals surface area contributed by atoms with Crippen LogP contribution in [0.1, 0.15) is 24.1 Å².